The maximum atomic E-state index is 9.64. The van der Waals surface area contributed by atoms with E-state index in [0.29, 0.717) is 6.54 Å². The molecule has 1 aliphatic rings. The Balaban J connectivity index is 2.23. The molecular weight excluding hydrogens is 304 g/mol. The molecule has 2 atom stereocenters. The fraction of sp³-hybridized carbons (Fsp3) is 0.600. The first kappa shape index (κ1) is 15.0. The molecule has 3 N–H and O–H groups in total. The lowest BCUT2D eigenvalue weighted by molar-refractivity contribution is 0.0870. The summed E-state index contributed by atoms with van der Waals surface area (Å²) in [5.74, 6) is 0. The van der Waals surface area contributed by atoms with Gasteiger partial charge in [0.2, 0.25) is 0 Å². The van der Waals surface area contributed by atoms with E-state index in [4.69, 9.17) is 5.73 Å². The Morgan fingerprint density at radius 3 is 2.89 bits per heavy atom. The molecule has 1 saturated heterocycles. The van der Waals surface area contributed by atoms with Gasteiger partial charge < -0.3 is 10.8 Å². The highest BCUT2D eigenvalue weighted by Gasteiger charge is 2.27. The molecule has 1 fully saturated rings. The van der Waals surface area contributed by atoms with Crippen molar-refractivity contribution >= 4 is 15.9 Å². The predicted molar refractivity (Wildman–Crippen MR) is 82.0 cm³/mol. The zero-order valence-electron chi connectivity index (χ0n) is 11.3. The number of nitrogens with two attached hydrogens (primary N) is 1. The summed E-state index contributed by atoms with van der Waals surface area (Å²) < 4.78 is 1.08. The molecule has 0 radical (unpaired) electrons. The predicted octanol–water partition coefficient (Wildman–Crippen LogP) is 2.69. The van der Waals surface area contributed by atoms with Crippen LogP contribution in [0.4, 0.5) is 0 Å². The van der Waals surface area contributed by atoms with Crippen LogP contribution in [0.2, 0.25) is 0 Å². The van der Waals surface area contributed by atoms with Gasteiger partial charge in [-0.15, -0.1) is 0 Å². The molecule has 0 aromatic heterocycles. The fourth-order valence-corrected chi connectivity index (χ4v) is 3.40. The Hall–Kier alpha value is -0.420. The molecule has 0 bridgehead atoms. The third-order valence-corrected chi connectivity index (χ3v) is 4.48. The second-order valence-corrected chi connectivity index (χ2v) is 6.15. The zero-order valence-corrected chi connectivity index (χ0v) is 12.8. The molecule has 19 heavy (non-hydrogen) atoms. The van der Waals surface area contributed by atoms with Crippen LogP contribution in [-0.4, -0.2) is 35.7 Å². The minimum Gasteiger partial charge on any atom is -0.395 e. The number of benzene rings is 1. The molecule has 0 amide bonds. The highest BCUT2D eigenvalue weighted by atomic mass is 79.9. The van der Waals surface area contributed by atoms with E-state index in [9.17, 15) is 5.11 Å². The molecular formula is C15H23BrN2O. The lowest BCUT2D eigenvalue weighted by Gasteiger charge is -2.36. The first-order valence-electron chi connectivity index (χ1n) is 7.08. The molecule has 1 heterocycles. The molecule has 0 saturated carbocycles. The molecule has 106 valence electrons. The van der Waals surface area contributed by atoms with Crippen molar-refractivity contribution in [2.24, 2.45) is 5.73 Å². The van der Waals surface area contributed by atoms with Crippen LogP contribution in [0.25, 0.3) is 0 Å². The standard InChI is InChI=1S/C15H23BrN2O/c16-13-6-4-5-12(9-13)15(10-17)18-8-3-1-2-7-14(18)11-19/h4-6,9,14-15,19H,1-3,7-8,10-11,17H2. The van der Waals surface area contributed by atoms with Crippen molar-refractivity contribution in [3.8, 4) is 0 Å². The molecule has 0 spiro atoms. The van der Waals surface area contributed by atoms with Crippen molar-refractivity contribution in [1.82, 2.24) is 4.90 Å². The van der Waals surface area contributed by atoms with Gasteiger partial charge in [0.25, 0.3) is 0 Å². The number of rotatable bonds is 4. The lowest BCUT2D eigenvalue weighted by Crippen LogP contribution is -2.43. The second kappa shape index (κ2) is 7.39. The van der Waals surface area contributed by atoms with E-state index in [0.717, 1.165) is 17.4 Å². The Morgan fingerprint density at radius 2 is 2.21 bits per heavy atom. The van der Waals surface area contributed by atoms with Crippen molar-refractivity contribution in [2.75, 3.05) is 19.7 Å². The molecule has 0 aliphatic carbocycles. The average molecular weight is 327 g/mol. The van der Waals surface area contributed by atoms with E-state index in [1.807, 2.05) is 12.1 Å². The van der Waals surface area contributed by atoms with E-state index in [1.165, 1.54) is 24.8 Å². The summed E-state index contributed by atoms with van der Waals surface area (Å²) in [7, 11) is 0. The monoisotopic (exact) mass is 326 g/mol. The number of halogens is 1. The minimum atomic E-state index is 0.202. The molecule has 1 aliphatic heterocycles. The first-order chi connectivity index (χ1) is 9.26. The summed E-state index contributed by atoms with van der Waals surface area (Å²) in [5.41, 5.74) is 7.25. The van der Waals surface area contributed by atoms with Gasteiger partial charge in [-0.25, -0.2) is 0 Å². The van der Waals surface area contributed by atoms with Crippen LogP contribution in [0.5, 0.6) is 0 Å². The van der Waals surface area contributed by atoms with Crippen molar-refractivity contribution in [3.63, 3.8) is 0 Å². The molecule has 1 aromatic rings. The number of hydrogen-bond donors (Lipinski definition) is 2. The SMILES string of the molecule is NCC(c1cccc(Br)c1)N1CCCCCC1CO. The van der Waals surface area contributed by atoms with Gasteiger partial charge in [-0.1, -0.05) is 40.9 Å². The molecule has 2 unspecified atom stereocenters. The molecule has 1 aromatic carbocycles. The van der Waals surface area contributed by atoms with Gasteiger partial charge in [-0.3, -0.25) is 4.90 Å². The van der Waals surface area contributed by atoms with Crippen LogP contribution in [-0.2, 0) is 0 Å². The maximum Gasteiger partial charge on any atom is 0.0587 e. The zero-order chi connectivity index (χ0) is 13.7. The van der Waals surface area contributed by atoms with Gasteiger partial charge in [0, 0.05) is 23.1 Å². The van der Waals surface area contributed by atoms with Gasteiger partial charge in [-0.2, -0.15) is 0 Å². The molecule has 4 heteroatoms. The summed E-state index contributed by atoms with van der Waals surface area (Å²) in [6.45, 7) is 1.84. The summed E-state index contributed by atoms with van der Waals surface area (Å²) in [6, 6.07) is 8.79. The van der Waals surface area contributed by atoms with Crippen LogP contribution >= 0.6 is 15.9 Å². The number of aliphatic hydroxyl groups is 1. The van der Waals surface area contributed by atoms with Crippen LogP contribution in [0.3, 0.4) is 0 Å². The van der Waals surface area contributed by atoms with E-state index in [2.05, 4.69) is 33.0 Å². The molecule has 3 nitrogen and oxygen atoms in total. The van der Waals surface area contributed by atoms with Gasteiger partial charge >= 0.3 is 0 Å². The van der Waals surface area contributed by atoms with Gasteiger partial charge in [0.05, 0.1) is 6.61 Å². The fourth-order valence-electron chi connectivity index (χ4n) is 2.98. The maximum absolute atomic E-state index is 9.64. The van der Waals surface area contributed by atoms with Crippen molar-refractivity contribution in [2.45, 2.75) is 37.8 Å². The number of nitrogens with zero attached hydrogens (tertiary/aromatic N) is 1. The Bertz CT molecular complexity index is 399. The smallest absolute Gasteiger partial charge is 0.0587 e. The summed E-state index contributed by atoms with van der Waals surface area (Å²) in [4.78, 5) is 2.40. The van der Waals surface area contributed by atoms with Crippen LogP contribution in [0.15, 0.2) is 28.7 Å². The molecule has 2 rings (SSSR count). The average Bonchev–Trinajstić information content (AvgIpc) is 2.65. The summed E-state index contributed by atoms with van der Waals surface area (Å²) in [6.07, 6.45) is 4.72. The number of hydrogen-bond acceptors (Lipinski definition) is 3. The van der Waals surface area contributed by atoms with E-state index in [1.54, 1.807) is 0 Å². The van der Waals surface area contributed by atoms with Crippen LogP contribution in [0.1, 0.15) is 37.3 Å². The highest BCUT2D eigenvalue weighted by Crippen LogP contribution is 2.28. The number of aliphatic hydroxyl groups excluding tert-OH is 1. The third-order valence-electron chi connectivity index (χ3n) is 3.99. The Labute approximate surface area is 123 Å². The quantitative estimate of drug-likeness (QED) is 0.894. The second-order valence-electron chi connectivity index (χ2n) is 5.23. The van der Waals surface area contributed by atoms with Crippen molar-refractivity contribution < 1.29 is 5.11 Å². The minimum absolute atomic E-state index is 0.202. The van der Waals surface area contributed by atoms with E-state index >= 15 is 0 Å². The van der Waals surface area contributed by atoms with Crippen LogP contribution < -0.4 is 5.73 Å². The van der Waals surface area contributed by atoms with Gasteiger partial charge in [-0.05, 0) is 37.1 Å². The topological polar surface area (TPSA) is 49.5 Å². The largest absolute Gasteiger partial charge is 0.395 e. The highest BCUT2D eigenvalue weighted by molar-refractivity contribution is 9.10. The van der Waals surface area contributed by atoms with Gasteiger partial charge in [0.1, 0.15) is 0 Å². The van der Waals surface area contributed by atoms with Gasteiger partial charge in [0.15, 0.2) is 0 Å². The number of likely N-dealkylation sites (tertiary alicyclic amines) is 1. The Kier molecular flexibility index (Phi) is 5.82. The summed E-state index contributed by atoms with van der Waals surface area (Å²) in [5, 5.41) is 9.64. The van der Waals surface area contributed by atoms with Crippen molar-refractivity contribution in [1.29, 1.82) is 0 Å². The van der Waals surface area contributed by atoms with Crippen molar-refractivity contribution in [3.05, 3.63) is 34.3 Å². The third kappa shape index (κ3) is 3.78. The Morgan fingerprint density at radius 1 is 1.37 bits per heavy atom. The lowest BCUT2D eigenvalue weighted by atomic mass is 10.0. The normalized spacial score (nSPS) is 23.0. The summed E-state index contributed by atoms with van der Waals surface area (Å²) >= 11 is 3.52. The first-order valence-corrected chi connectivity index (χ1v) is 7.87. The van der Waals surface area contributed by atoms with Crippen LogP contribution in [0, 0.1) is 0 Å². The van der Waals surface area contributed by atoms with E-state index in [-0.39, 0.29) is 18.7 Å². The van der Waals surface area contributed by atoms with E-state index < -0.39 is 0 Å².